The van der Waals surface area contributed by atoms with Crippen LogP contribution in [0.15, 0.2) is 42.5 Å². The Morgan fingerprint density at radius 1 is 1.17 bits per heavy atom. The molecule has 0 spiro atoms. The van der Waals surface area contributed by atoms with Gasteiger partial charge >= 0.3 is 5.69 Å². The summed E-state index contributed by atoms with van der Waals surface area (Å²) in [6, 6.07) is 9.24. The second kappa shape index (κ2) is 7.35. The zero-order valence-corrected chi connectivity index (χ0v) is 12.3. The molecule has 0 aliphatic heterocycles. The van der Waals surface area contributed by atoms with E-state index >= 15 is 0 Å². The third kappa shape index (κ3) is 4.26. The number of hydrogen-bond donors (Lipinski definition) is 0. The number of Topliss-reactive ketones (excluding diaryl/α,β-unsaturated/α-hetero) is 1. The highest BCUT2D eigenvalue weighted by atomic mass is 19.1. The van der Waals surface area contributed by atoms with E-state index in [-0.39, 0.29) is 11.5 Å². The van der Waals surface area contributed by atoms with E-state index in [9.17, 15) is 19.3 Å². The zero-order valence-electron chi connectivity index (χ0n) is 12.3. The molecule has 2 rings (SSSR count). The molecule has 120 valence electrons. The Hall–Kier alpha value is -2.96. The number of benzene rings is 2. The lowest BCUT2D eigenvalue weighted by atomic mass is 10.1. The van der Waals surface area contributed by atoms with Crippen molar-refractivity contribution in [1.82, 2.24) is 0 Å². The average molecular weight is 319 g/mol. The fourth-order valence-electron chi connectivity index (χ4n) is 1.88. The summed E-state index contributed by atoms with van der Waals surface area (Å²) in [6.45, 7) is 1.93. The third-order valence-electron chi connectivity index (χ3n) is 2.96. The van der Waals surface area contributed by atoms with Gasteiger partial charge in [0.2, 0.25) is 0 Å². The fraction of sp³-hybridized carbons (Fsp3) is 0.188. The van der Waals surface area contributed by atoms with E-state index in [1.165, 1.54) is 0 Å². The molecule has 0 unspecified atom stereocenters. The van der Waals surface area contributed by atoms with Gasteiger partial charge in [0, 0.05) is 17.7 Å². The number of ketones is 1. The van der Waals surface area contributed by atoms with Gasteiger partial charge in [0.15, 0.2) is 18.1 Å². The van der Waals surface area contributed by atoms with Crippen molar-refractivity contribution in [2.24, 2.45) is 0 Å². The molecule has 0 aliphatic carbocycles. The van der Waals surface area contributed by atoms with Crippen LogP contribution in [-0.2, 0) is 0 Å². The van der Waals surface area contributed by atoms with Crippen molar-refractivity contribution in [3.63, 3.8) is 0 Å². The molecule has 2 aromatic rings. The van der Waals surface area contributed by atoms with Crippen LogP contribution in [0.1, 0.15) is 17.3 Å². The van der Waals surface area contributed by atoms with Gasteiger partial charge in [-0.05, 0) is 37.3 Å². The quantitative estimate of drug-likeness (QED) is 0.444. The van der Waals surface area contributed by atoms with Crippen molar-refractivity contribution < 1.29 is 23.6 Å². The second-order valence-corrected chi connectivity index (χ2v) is 4.54. The summed E-state index contributed by atoms with van der Waals surface area (Å²) < 4.78 is 23.6. The van der Waals surface area contributed by atoms with Crippen molar-refractivity contribution >= 4 is 11.5 Å². The molecule has 0 atom stereocenters. The number of hydrogen-bond acceptors (Lipinski definition) is 5. The fourth-order valence-corrected chi connectivity index (χ4v) is 1.88. The minimum Gasteiger partial charge on any atom is -0.494 e. The first-order chi connectivity index (χ1) is 11.0. The van der Waals surface area contributed by atoms with E-state index in [1.807, 2.05) is 6.92 Å². The maximum absolute atomic E-state index is 13.2. The van der Waals surface area contributed by atoms with Crippen molar-refractivity contribution in [3.8, 4) is 11.5 Å². The molecule has 0 aromatic heterocycles. The summed E-state index contributed by atoms with van der Waals surface area (Å²) in [7, 11) is 0. The Morgan fingerprint density at radius 3 is 2.48 bits per heavy atom. The molecule has 0 fully saturated rings. The van der Waals surface area contributed by atoms with Gasteiger partial charge in [0.05, 0.1) is 11.5 Å². The lowest BCUT2D eigenvalue weighted by Gasteiger charge is -2.07. The lowest BCUT2D eigenvalue weighted by molar-refractivity contribution is -0.385. The molecule has 0 heterocycles. The molecule has 0 N–H and O–H groups in total. The number of carbonyl (C=O) groups is 1. The van der Waals surface area contributed by atoms with Gasteiger partial charge in [0.1, 0.15) is 11.6 Å². The summed E-state index contributed by atoms with van der Waals surface area (Å²) in [4.78, 5) is 22.2. The second-order valence-electron chi connectivity index (χ2n) is 4.54. The number of nitro groups is 1. The number of carbonyl (C=O) groups excluding carboxylic acids is 1. The van der Waals surface area contributed by atoms with Crippen LogP contribution < -0.4 is 9.47 Å². The molecule has 0 saturated heterocycles. The highest BCUT2D eigenvalue weighted by Crippen LogP contribution is 2.27. The van der Waals surface area contributed by atoms with Crippen LogP contribution in [0.4, 0.5) is 10.1 Å². The Labute approximate surface area is 131 Å². The maximum atomic E-state index is 13.2. The SMILES string of the molecule is CCOc1ccc(C(=O)COc2cc(F)ccc2[N+](=O)[O-])cc1. The highest BCUT2D eigenvalue weighted by molar-refractivity contribution is 5.97. The average Bonchev–Trinajstić information content (AvgIpc) is 2.53. The lowest BCUT2D eigenvalue weighted by Crippen LogP contribution is -2.12. The molecule has 0 radical (unpaired) electrons. The molecular weight excluding hydrogens is 305 g/mol. The smallest absolute Gasteiger partial charge is 0.311 e. The first-order valence-corrected chi connectivity index (χ1v) is 6.84. The molecular formula is C16H14FNO5. The van der Waals surface area contributed by atoms with Crippen molar-refractivity contribution in [3.05, 3.63) is 64.0 Å². The number of halogens is 1. The van der Waals surface area contributed by atoms with Gasteiger partial charge in [-0.2, -0.15) is 0 Å². The Kier molecular flexibility index (Phi) is 5.24. The molecule has 0 bridgehead atoms. The summed E-state index contributed by atoms with van der Waals surface area (Å²) in [6.07, 6.45) is 0. The predicted molar refractivity (Wildman–Crippen MR) is 80.5 cm³/mol. The van der Waals surface area contributed by atoms with E-state index in [2.05, 4.69) is 0 Å². The van der Waals surface area contributed by atoms with Gasteiger partial charge < -0.3 is 9.47 Å². The molecule has 6 nitrogen and oxygen atoms in total. The third-order valence-corrected chi connectivity index (χ3v) is 2.96. The van der Waals surface area contributed by atoms with E-state index < -0.39 is 23.0 Å². The molecule has 0 aliphatic rings. The minimum atomic E-state index is -0.698. The number of ether oxygens (including phenoxy) is 2. The van der Waals surface area contributed by atoms with Gasteiger partial charge in [-0.15, -0.1) is 0 Å². The summed E-state index contributed by atoms with van der Waals surface area (Å²) in [5, 5.41) is 10.9. The molecule has 2 aromatic carbocycles. The van der Waals surface area contributed by atoms with E-state index in [0.29, 0.717) is 17.9 Å². The van der Waals surface area contributed by atoms with Crippen LogP contribution in [0, 0.1) is 15.9 Å². The normalized spacial score (nSPS) is 10.2. The maximum Gasteiger partial charge on any atom is 0.311 e. The first kappa shape index (κ1) is 16.4. The Morgan fingerprint density at radius 2 is 1.87 bits per heavy atom. The number of rotatable bonds is 7. The van der Waals surface area contributed by atoms with Gasteiger partial charge in [0.25, 0.3) is 0 Å². The van der Waals surface area contributed by atoms with Crippen LogP contribution in [-0.4, -0.2) is 23.9 Å². The van der Waals surface area contributed by atoms with Crippen LogP contribution in [0.3, 0.4) is 0 Å². The summed E-state index contributed by atoms with van der Waals surface area (Å²) in [5.74, 6) is -0.717. The molecule has 0 amide bonds. The zero-order chi connectivity index (χ0) is 16.8. The predicted octanol–water partition coefficient (Wildman–Crippen LogP) is 3.39. The van der Waals surface area contributed by atoms with Crippen LogP contribution >= 0.6 is 0 Å². The van der Waals surface area contributed by atoms with Crippen molar-refractivity contribution in [2.45, 2.75) is 6.92 Å². The number of nitro benzene ring substituents is 1. The highest BCUT2D eigenvalue weighted by Gasteiger charge is 2.17. The van der Waals surface area contributed by atoms with E-state index in [4.69, 9.17) is 9.47 Å². The van der Waals surface area contributed by atoms with Crippen LogP contribution in [0.5, 0.6) is 11.5 Å². The van der Waals surface area contributed by atoms with E-state index in [0.717, 1.165) is 18.2 Å². The standard InChI is InChI=1S/C16H14FNO5/c1-2-22-13-6-3-11(4-7-13)15(19)10-23-16-9-12(17)5-8-14(16)18(20)21/h3-9H,2,10H2,1H3. The Balaban J connectivity index is 2.07. The van der Waals surface area contributed by atoms with E-state index in [1.54, 1.807) is 24.3 Å². The number of nitrogens with zero attached hydrogens (tertiary/aromatic N) is 1. The minimum absolute atomic E-state index is 0.283. The first-order valence-electron chi connectivity index (χ1n) is 6.84. The van der Waals surface area contributed by atoms with Gasteiger partial charge in [-0.25, -0.2) is 4.39 Å². The largest absolute Gasteiger partial charge is 0.494 e. The van der Waals surface area contributed by atoms with Crippen LogP contribution in [0.2, 0.25) is 0 Å². The van der Waals surface area contributed by atoms with Gasteiger partial charge in [-0.3, -0.25) is 14.9 Å². The van der Waals surface area contributed by atoms with Crippen molar-refractivity contribution in [1.29, 1.82) is 0 Å². The monoisotopic (exact) mass is 319 g/mol. The molecule has 0 saturated carbocycles. The summed E-state index contributed by atoms with van der Waals surface area (Å²) >= 11 is 0. The summed E-state index contributed by atoms with van der Waals surface area (Å²) in [5.41, 5.74) is -0.0293. The van der Waals surface area contributed by atoms with Gasteiger partial charge in [-0.1, -0.05) is 0 Å². The Bertz CT molecular complexity index is 715. The van der Waals surface area contributed by atoms with Crippen LogP contribution in [0.25, 0.3) is 0 Å². The topological polar surface area (TPSA) is 78.7 Å². The molecule has 23 heavy (non-hydrogen) atoms. The van der Waals surface area contributed by atoms with Crippen molar-refractivity contribution in [2.75, 3.05) is 13.2 Å². The molecule has 7 heteroatoms.